The maximum absolute atomic E-state index is 9.95. The molecule has 1 aromatic rings. The van der Waals surface area contributed by atoms with Crippen LogP contribution in [0.25, 0.3) is 0 Å². The van der Waals surface area contributed by atoms with Crippen molar-refractivity contribution >= 4 is 0 Å². The molecule has 31 heavy (non-hydrogen) atoms. The van der Waals surface area contributed by atoms with E-state index in [9.17, 15) is 5.11 Å². The molecule has 4 nitrogen and oxygen atoms in total. The van der Waals surface area contributed by atoms with Crippen LogP contribution in [0.5, 0.6) is 5.75 Å². The topological polar surface area (TPSA) is 41.9 Å². The summed E-state index contributed by atoms with van der Waals surface area (Å²) < 4.78 is 11.5. The Balaban J connectivity index is 1.36. The summed E-state index contributed by atoms with van der Waals surface area (Å²) in [5.41, 5.74) is 4.86. The van der Waals surface area contributed by atoms with E-state index >= 15 is 0 Å². The Morgan fingerprint density at radius 3 is 2.77 bits per heavy atom. The Labute approximate surface area is 188 Å². The van der Waals surface area contributed by atoms with Crippen molar-refractivity contribution in [2.24, 2.45) is 23.2 Å². The van der Waals surface area contributed by atoms with E-state index in [1.165, 1.54) is 36.8 Å². The Hall–Kier alpha value is -1.36. The second kappa shape index (κ2) is 9.64. The molecule has 2 fully saturated rings. The highest BCUT2D eigenvalue weighted by atomic mass is 16.5. The number of fused-ring (bicyclic) bond motifs is 5. The normalized spacial score (nSPS) is 33.4. The Bertz CT molecular complexity index is 789. The minimum absolute atomic E-state index is 0.329. The zero-order chi connectivity index (χ0) is 22.0. The molecule has 2 saturated carbocycles. The maximum atomic E-state index is 9.95. The lowest BCUT2D eigenvalue weighted by atomic mass is 9.52. The summed E-state index contributed by atoms with van der Waals surface area (Å²) in [6.07, 6.45) is 8.56. The molecule has 0 saturated heterocycles. The van der Waals surface area contributed by atoms with Gasteiger partial charge in [0.15, 0.2) is 0 Å². The highest BCUT2D eigenvalue weighted by Gasteiger charge is 2.54. The lowest BCUT2D eigenvalue weighted by Gasteiger charge is -2.52. The van der Waals surface area contributed by atoms with Crippen molar-refractivity contribution < 1.29 is 14.6 Å². The minimum atomic E-state index is 0.329. The third-order valence-electron chi connectivity index (χ3n) is 8.41. The molecule has 4 rings (SSSR count). The average Bonchev–Trinajstić information content (AvgIpc) is 3.05. The lowest BCUT2D eigenvalue weighted by Crippen LogP contribution is -2.43. The fourth-order valence-electron chi connectivity index (χ4n) is 6.86. The van der Waals surface area contributed by atoms with E-state index in [1.54, 1.807) is 5.57 Å². The van der Waals surface area contributed by atoms with Crippen molar-refractivity contribution in [1.82, 2.24) is 4.90 Å². The first-order chi connectivity index (χ1) is 14.9. The summed E-state index contributed by atoms with van der Waals surface area (Å²) >= 11 is 0. The number of phenols is 1. The highest BCUT2D eigenvalue weighted by molar-refractivity contribution is 5.41. The SMILES string of the molecule is CC1Cc2cc(O)ccc2[C@H]2CC[C@]3(C)C(=CCOCCOCCN(C)C)CC[C@H]3[C@H]12. The van der Waals surface area contributed by atoms with Crippen LogP contribution in [0.2, 0.25) is 0 Å². The second-order valence-corrected chi connectivity index (χ2v) is 10.6. The molecule has 0 radical (unpaired) electrons. The molecule has 0 bridgehead atoms. The van der Waals surface area contributed by atoms with Crippen LogP contribution >= 0.6 is 0 Å². The smallest absolute Gasteiger partial charge is 0.115 e. The van der Waals surface area contributed by atoms with Gasteiger partial charge in [-0.25, -0.2) is 0 Å². The van der Waals surface area contributed by atoms with Crippen molar-refractivity contribution in [2.45, 2.75) is 51.9 Å². The van der Waals surface area contributed by atoms with Gasteiger partial charge >= 0.3 is 0 Å². The minimum Gasteiger partial charge on any atom is -0.508 e. The van der Waals surface area contributed by atoms with E-state index in [0.717, 1.165) is 31.4 Å². The highest BCUT2D eigenvalue weighted by Crippen LogP contribution is 2.63. The number of nitrogens with zero attached hydrogens (tertiary/aromatic N) is 1. The zero-order valence-electron chi connectivity index (χ0n) is 19.9. The summed E-state index contributed by atoms with van der Waals surface area (Å²) in [5, 5.41) is 9.95. The molecule has 0 heterocycles. The number of benzene rings is 1. The quantitative estimate of drug-likeness (QED) is 0.467. The molecular formula is C27H41NO3. The Kier molecular flexibility index (Phi) is 7.10. The van der Waals surface area contributed by atoms with Gasteiger partial charge in [0.05, 0.1) is 26.4 Å². The van der Waals surface area contributed by atoms with Crippen LogP contribution in [-0.4, -0.2) is 57.1 Å². The van der Waals surface area contributed by atoms with Crippen LogP contribution in [0.4, 0.5) is 0 Å². The van der Waals surface area contributed by atoms with Crippen LogP contribution in [0.15, 0.2) is 29.8 Å². The third kappa shape index (κ3) is 4.72. The van der Waals surface area contributed by atoms with E-state index in [4.69, 9.17) is 9.47 Å². The molecule has 0 amide bonds. The first kappa shape index (κ1) is 22.8. The number of aromatic hydroxyl groups is 1. The molecule has 5 atom stereocenters. The van der Waals surface area contributed by atoms with E-state index in [2.05, 4.69) is 45.0 Å². The number of ether oxygens (including phenoxy) is 2. The van der Waals surface area contributed by atoms with Crippen LogP contribution in [0.1, 0.15) is 56.6 Å². The van der Waals surface area contributed by atoms with Gasteiger partial charge in [0.1, 0.15) is 5.75 Å². The maximum Gasteiger partial charge on any atom is 0.115 e. The molecular weight excluding hydrogens is 386 g/mol. The van der Waals surface area contributed by atoms with E-state index in [1.807, 2.05) is 12.1 Å². The standard InChI is InChI=1S/C27H41NO3/c1-19-17-20-18-22(29)6-7-23(20)24-9-11-27(2)21(5-8-25(27)26(19)24)10-13-30-15-16-31-14-12-28(3)4/h6-7,10,18-19,24-26,29H,5,8-9,11-17H2,1-4H3/t19?,24-,25+,26-,27-/m1/s1. The van der Waals surface area contributed by atoms with Gasteiger partial charge in [0, 0.05) is 6.54 Å². The van der Waals surface area contributed by atoms with Crippen molar-refractivity contribution in [3.63, 3.8) is 0 Å². The van der Waals surface area contributed by atoms with E-state index in [0.29, 0.717) is 42.8 Å². The summed E-state index contributed by atoms with van der Waals surface area (Å²) in [7, 11) is 4.12. The van der Waals surface area contributed by atoms with E-state index < -0.39 is 0 Å². The molecule has 0 spiro atoms. The second-order valence-electron chi connectivity index (χ2n) is 10.6. The first-order valence-electron chi connectivity index (χ1n) is 12.2. The fourth-order valence-corrected chi connectivity index (χ4v) is 6.86. The van der Waals surface area contributed by atoms with Crippen LogP contribution in [0, 0.1) is 23.2 Å². The number of phenolic OH excluding ortho intramolecular Hbond substituents is 1. The van der Waals surface area contributed by atoms with Gasteiger partial charge in [0.25, 0.3) is 0 Å². The molecule has 172 valence electrons. The van der Waals surface area contributed by atoms with E-state index in [-0.39, 0.29) is 0 Å². The van der Waals surface area contributed by atoms with Crippen molar-refractivity contribution in [1.29, 1.82) is 0 Å². The predicted octanol–water partition coefficient (Wildman–Crippen LogP) is 5.02. The molecule has 0 aliphatic heterocycles. The van der Waals surface area contributed by atoms with Gasteiger partial charge in [-0.2, -0.15) is 0 Å². The Morgan fingerprint density at radius 1 is 1.16 bits per heavy atom. The lowest BCUT2D eigenvalue weighted by molar-refractivity contribution is 0.0453. The zero-order valence-corrected chi connectivity index (χ0v) is 19.9. The average molecular weight is 428 g/mol. The summed E-state index contributed by atoms with van der Waals surface area (Å²) in [4.78, 5) is 2.13. The molecule has 1 aromatic carbocycles. The predicted molar refractivity (Wildman–Crippen MR) is 126 cm³/mol. The number of hydrogen-bond acceptors (Lipinski definition) is 4. The molecule has 3 aliphatic carbocycles. The third-order valence-corrected chi connectivity index (χ3v) is 8.41. The molecule has 4 heteroatoms. The van der Waals surface area contributed by atoms with Gasteiger partial charge in [0.2, 0.25) is 0 Å². The van der Waals surface area contributed by atoms with Gasteiger partial charge in [-0.05, 0) is 98.5 Å². The van der Waals surface area contributed by atoms with Gasteiger partial charge in [-0.15, -0.1) is 0 Å². The number of likely N-dealkylation sites (N-methyl/N-ethyl adjacent to an activating group) is 1. The molecule has 1 unspecified atom stereocenters. The first-order valence-corrected chi connectivity index (χ1v) is 12.2. The van der Waals surface area contributed by atoms with Gasteiger partial charge in [-0.1, -0.05) is 31.6 Å². The van der Waals surface area contributed by atoms with Gasteiger partial charge in [-0.3, -0.25) is 0 Å². The largest absolute Gasteiger partial charge is 0.508 e. The molecule has 0 aromatic heterocycles. The fraction of sp³-hybridized carbons (Fsp3) is 0.704. The van der Waals surface area contributed by atoms with Gasteiger partial charge < -0.3 is 19.5 Å². The summed E-state index contributed by atoms with van der Waals surface area (Å²) in [5.74, 6) is 3.28. The summed E-state index contributed by atoms with van der Waals surface area (Å²) in [6, 6.07) is 6.11. The van der Waals surface area contributed by atoms with Crippen LogP contribution < -0.4 is 0 Å². The summed E-state index contributed by atoms with van der Waals surface area (Å²) in [6.45, 7) is 8.74. The molecule has 3 aliphatic rings. The van der Waals surface area contributed by atoms with Crippen molar-refractivity contribution in [3.8, 4) is 5.75 Å². The number of hydrogen-bond donors (Lipinski definition) is 1. The number of rotatable bonds is 8. The molecule has 1 N–H and O–H groups in total. The van der Waals surface area contributed by atoms with Crippen LogP contribution in [-0.2, 0) is 15.9 Å². The number of allylic oxidation sites excluding steroid dienone is 1. The monoisotopic (exact) mass is 427 g/mol. The van der Waals surface area contributed by atoms with Crippen molar-refractivity contribution in [3.05, 3.63) is 41.0 Å². The van der Waals surface area contributed by atoms with Crippen molar-refractivity contribution in [2.75, 3.05) is 47.1 Å². The Morgan fingerprint density at radius 2 is 1.97 bits per heavy atom. The van der Waals surface area contributed by atoms with Crippen LogP contribution in [0.3, 0.4) is 0 Å².